The zero-order valence-corrected chi connectivity index (χ0v) is 28.2. The van der Waals surface area contributed by atoms with Crippen LogP contribution in [0.1, 0.15) is 35.2 Å². The molecule has 0 radical (unpaired) electrons. The van der Waals surface area contributed by atoms with E-state index in [9.17, 15) is 0 Å². The molecule has 1 aliphatic rings. The van der Waals surface area contributed by atoms with Crippen LogP contribution in [0.2, 0.25) is 0 Å². The molecule has 3 aromatic heterocycles. The third-order valence-corrected chi connectivity index (χ3v) is 11.5. The number of para-hydroxylation sites is 3. The molecule has 7 aromatic carbocycles. The van der Waals surface area contributed by atoms with Gasteiger partial charge in [0.15, 0.2) is 0 Å². The van der Waals surface area contributed by atoms with Gasteiger partial charge in [0.25, 0.3) is 0 Å². The van der Waals surface area contributed by atoms with Crippen LogP contribution in [0.25, 0.3) is 75.2 Å². The van der Waals surface area contributed by atoms with Crippen molar-refractivity contribution in [3.8, 4) is 11.1 Å². The van der Waals surface area contributed by atoms with Gasteiger partial charge in [-0.3, -0.25) is 16.0 Å². The van der Waals surface area contributed by atoms with Gasteiger partial charge >= 0.3 is 0 Å². The first-order valence-corrected chi connectivity index (χ1v) is 18.2. The number of hydrogen-bond donors (Lipinski definition) is 3. The zero-order valence-electron chi connectivity index (χ0n) is 27.4. The molecule has 4 heterocycles. The lowest BCUT2D eigenvalue weighted by Crippen LogP contribution is -2.54. The maximum absolute atomic E-state index is 6.39. The number of benzene rings is 7. The van der Waals surface area contributed by atoms with Gasteiger partial charge in [0.1, 0.15) is 22.3 Å². The van der Waals surface area contributed by atoms with E-state index in [0.29, 0.717) is 0 Å². The Labute approximate surface area is 297 Å². The molecule has 11 rings (SSSR count). The summed E-state index contributed by atoms with van der Waals surface area (Å²) >= 11 is 1.84. The van der Waals surface area contributed by atoms with Crippen LogP contribution in [0.3, 0.4) is 0 Å². The molecule has 0 spiro atoms. The largest absolute Gasteiger partial charge is 0.456 e. The van der Waals surface area contributed by atoms with E-state index in [4.69, 9.17) is 8.83 Å². The summed E-state index contributed by atoms with van der Waals surface area (Å²) in [6, 6.07) is 53.8. The van der Waals surface area contributed by atoms with E-state index >= 15 is 0 Å². The van der Waals surface area contributed by atoms with Crippen molar-refractivity contribution in [1.29, 1.82) is 0 Å². The first-order chi connectivity index (χ1) is 25.2. The van der Waals surface area contributed by atoms with Crippen LogP contribution in [-0.2, 0) is 0 Å². The fourth-order valence-electron chi connectivity index (χ4n) is 7.91. The summed E-state index contributed by atoms with van der Waals surface area (Å²) in [5.74, 6) is 0. The van der Waals surface area contributed by atoms with E-state index in [2.05, 4.69) is 143 Å². The second kappa shape index (κ2) is 11.4. The second-order valence-corrected chi connectivity index (χ2v) is 14.5. The molecular formula is C45H31N3O2S. The van der Waals surface area contributed by atoms with Crippen molar-refractivity contribution >= 4 is 75.4 Å². The minimum atomic E-state index is -0.113. The smallest absolute Gasteiger partial charge is 0.143 e. The van der Waals surface area contributed by atoms with Crippen molar-refractivity contribution in [3.63, 3.8) is 0 Å². The van der Waals surface area contributed by atoms with Crippen LogP contribution in [0, 0.1) is 0 Å². The summed E-state index contributed by atoms with van der Waals surface area (Å²) in [7, 11) is 0. The van der Waals surface area contributed by atoms with Crippen LogP contribution >= 0.6 is 11.3 Å². The van der Waals surface area contributed by atoms with Crippen molar-refractivity contribution in [1.82, 2.24) is 16.0 Å². The lowest BCUT2D eigenvalue weighted by molar-refractivity contribution is 0.203. The van der Waals surface area contributed by atoms with E-state index < -0.39 is 0 Å². The highest BCUT2D eigenvalue weighted by Gasteiger charge is 2.30. The molecule has 5 nitrogen and oxygen atoms in total. The molecule has 0 saturated carbocycles. The van der Waals surface area contributed by atoms with E-state index in [1.165, 1.54) is 31.3 Å². The zero-order chi connectivity index (χ0) is 33.5. The Morgan fingerprint density at radius 2 is 1.02 bits per heavy atom. The van der Waals surface area contributed by atoms with Crippen LogP contribution in [-0.4, -0.2) is 0 Å². The summed E-state index contributed by atoms with van der Waals surface area (Å²) in [6.07, 6.45) is -0.276. The molecule has 3 N–H and O–H groups in total. The average Bonchev–Trinajstić information content (AvgIpc) is 3.88. The minimum Gasteiger partial charge on any atom is -0.456 e. The molecule has 3 unspecified atom stereocenters. The Balaban J connectivity index is 0.975. The second-order valence-electron chi connectivity index (χ2n) is 13.4. The molecule has 1 fully saturated rings. The number of fused-ring (bicyclic) bond motifs is 9. The fraction of sp³-hybridized carbons (Fsp3) is 0.0667. The molecule has 10 aromatic rings. The monoisotopic (exact) mass is 677 g/mol. The van der Waals surface area contributed by atoms with Gasteiger partial charge in [0, 0.05) is 47.3 Å². The normalized spacial score (nSPS) is 18.2. The van der Waals surface area contributed by atoms with Gasteiger partial charge in [0.05, 0.1) is 18.5 Å². The molecule has 0 amide bonds. The lowest BCUT2D eigenvalue weighted by Gasteiger charge is -2.39. The number of furan rings is 2. The molecule has 3 atom stereocenters. The first kappa shape index (κ1) is 29.0. The van der Waals surface area contributed by atoms with E-state index in [0.717, 1.165) is 60.6 Å². The summed E-state index contributed by atoms with van der Waals surface area (Å²) in [6.45, 7) is 0. The van der Waals surface area contributed by atoms with Crippen molar-refractivity contribution in [2.24, 2.45) is 0 Å². The van der Waals surface area contributed by atoms with E-state index in [1.807, 2.05) is 35.6 Å². The molecule has 51 heavy (non-hydrogen) atoms. The Morgan fingerprint density at radius 3 is 1.84 bits per heavy atom. The number of rotatable bonds is 4. The van der Waals surface area contributed by atoms with Crippen molar-refractivity contribution < 1.29 is 8.83 Å². The summed E-state index contributed by atoms with van der Waals surface area (Å²) in [4.78, 5) is 0. The SMILES string of the molecule is c1ccc(C2NC(c3ccc4c(c3)oc3ccccc34)NC(c3ccc4sc5cc(-c6cccc7c6oc6ccccc67)ccc5c4c3)N2)cc1. The van der Waals surface area contributed by atoms with Gasteiger partial charge in [-0.25, -0.2) is 0 Å². The van der Waals surface area contributed by atoms with Gasteiger partial charge in [-0.1, -0.05) is 115 Å². The van der Waals surface area contributed by atoms with Crippen LogP contribution < -0.4 is 16.0 Å². The Bertz CT molecular complexity index is 2940. The highest BCUT2D eigenvalue weighted by molar-refractivity contribution is 7.25. The van der Waals surface area contributed by atoms with Crippen molar-refractivity contribution in [2.45, 2.75) is 18.5 Å². The lowest BCUT2D eigenvalue weighted by atomic mass is 10.00. The van der Waals surface area contributed by atoms with Crippen molar-refractivity contribution in [3.05, 3.63) is 168 Å². The molecule has 6 heteroatoms. The average molecular weight is 678 g/mol. The Kier molecular flexibility index (Phi) is 6.48. The third-order valence-electron chi connectivity index (χ3n) is 10.4. The molecule has 0 bridgehead atoms. The van der Waals surface area contributed by atoms with Crippen molar-refractivity contribution in [2.75, 3.05) is 0 Å². The standard InChI is InChI=1S/C45H31N3O2S/c1-2-9-26(10-3-1)43-46-44(48-45(47-43)29-18-20-33-31-11-4-6-15-37(31)49-39(33)24-29)28-19-22-40-36(23-28)34-21-17-27(25-41(34)51-40)30-13-8-14-35-32-12-5-7-16-38(32)50-42(30)35/h1-25,43-48H. The molecule has 1 aliphatic heterocycles. The molecule has 244 valence electrons. The summed E-state index contributed by atoms with van der Waals surface area (Å²) < 4.78 is 15.2. The van der Waals surface area contributed by atoms with Gasteiger partial charge in [-0.15, -0.1) is 11.3 Å². The van der Waals surface area contributed by atoms with Crippen LogP contribution in [0.15, 0.2) is 160 Å². The predicted octanol–water partition coefficient (Wildman–Crippen LogP) is 11.7. The maximum Gasteiger partial charge on any atom is 0.143 e. The Morgan fingerprint density at radius 1 is 0.392 bits per heavy atom. The number of hydrogen-bond acceptors (Lipinski definition) is 6. The Hall–Kier alpha value is -5.76. The predicted molar refractivity (Wildman–Crippen MR) is 210 cm³/mol. The summed E-state index contributed by atoms with van der Waals surface area (Å²) in [5, 5.41) is 18.6. The highest BCUT2D eigenvalue weighted by atomic mass is 32.1. The highest BCUT2D eigenvalue weighted by Crippen LogP contribution is 2.41. The topological polar surface area (TPSA) is 62.4 Å². The first-order valence-electron chi connectivity index (χ1n) is 17.3. The minimum absolute atomic E-state index is 0.0627. The summed E-state index contributed by atoms with van der Waals surface area (Å²) in [5.41, 5.74) is 9.44. The van der Waals surface area contributed by atoms with E-state index in [-0.39, 0.29) is 18.5 Å². The molecular weight excluding hydrogens is 647 g/mol. The molecule has 1 saturated heterocycles. The number of thiophene rings is 1. The third kappa shape index (κ3) is 4.73. The van der Waals surface area contributed by atoms with Gasteiger partial charge in [-0.05, 0) is 58.7 Å². The van der Waals surface area contributed by atoms with Gasteiger partial charge in [-0.2, -0.15) is 0 Å². The van der Waals surface area contributed by atoms with Gasteiger partial charge < -0.3 is 8.83 Å². The van der Waals surface area contributed by atoms with Crippen LogP contribution in [0.5, 0.6) is 0 Å². The van der Waals surface area contributed by atoms with Gasteiger partial charge in [0.2, 0.25) is 0 Å². The fourth-order valence-corrected chi connectivity index (χ4v) is 9.03. The van der Waals surface area contributed by atoms with E-state index in [1.54, 1.807) is 0 Å². The maximum atomic E-state index is 6.39. The molecule has 0 aliphatic carbocycles. The quantitative estimate of drug-likeness (QED) is 0.173. The number of nitrogens with one attached hydrogen (secondary N) is 3. The van der Waals surface area contributed by atoms with Crippen LogP contribution in [0.4, 0.5) is 0 Å².